The molecular weight excluding hydrogens is 364 g/mol. The number of thiazole rings is 1. The van der Waals surface area contributed by atoms with Gasteiger partial charge >= 0.3 is 0 Å². The Hall–Kier alpha value is -1.28. The Morgan fingerprint density at radius 2 is 1.85 bits per heavy atom. The molecule has 0 unspecified atom stereocenters. The van der Waals surface area contributed by atoms with Gasteiger partial charge in [0.05, 0.1) is 49.8 Å². The topological polar surface area (TPSA) is 42.1 Å². The van der Waals surface area contributed by atoms with Crippen molar-refractivity contribution in [2.45, 2.75) is 19.8 Å². The van der Waals surface area contributed by atoms with Crippen molar-refractivity contribution in [1.82, 2.24) is 9.88 Å². The highest BCUT2D eigenvalue weighted by molar-refractivity contribution is 7.22. The van der Waals surface area contributed by atoms with Gasteiger partial charge in [-0.05, 0) is 18.4 Å². The maximum atomic E-state index is 13.0. The number of nitrogens with one attached hydrogen (secondary N) is 2. The van der Waals surface area contributed by atoms with Crippen molar-refractivity contribution in [2.75, 3.05) is 52.4 Å². The van der Waals surface area contributed by atoms with Gasteiger partial charge in [-0.1, -0.05) is 6.07 Å². The van der Waals surface area contributed by atoms with Gasteiger partial charge < -0.3 is 14.7 Å². The molecule has 26 heavy (non-hydrogen) atoms. The molecular formula is C19H28N4OS2+2. The first-order valence-electron chi connectivity index (χ1n) is 9.68. The fraction of sp³-hybridized carbons (Fsp3) is 0.579. The number of hydrogen-bond acceptors (Lipinski definition) is 4. The van der Waals surface area contributed by atoms with E-state index in [1.165, 1.54) is 39.0 Å². The zero-order valence-corrected chi connectivity index (χ0v) is 17.1. The highest BCUT2D eigenvalue weighted by atomic mass is 32.1. The van der Waals surface area contributed by atoms with Gasteiger partial charge in [0.25, 0.3) is 5.91 Å². The van der Waals surface area contributed by atoms with Crippen LogP contribution in [0.4, 0.5) is 0 Å². The molecule has 4 rings (SSSR count). The van der Waals surface area contributed by atoms with E-state index in [1.807, 2.05) is 17.9 Å². The number of thiophene rings is 1. The average Bonchev–Trinajstić information content (AvgIpc) is 3.41. The molecule has 2 aliphatic heterocycles. The van der Waals surface area contributed by atoms with Gasteiger partial charge in [-0.3, -0.25) is 4.79 Å². The fourth-order valence-electron chi connectivity index (χ4n) is 4.00. The normalized spacial score (nSPS) is 19.3. The maximum absolute atomic E-state index is 13.0. The number of nitrogens with zero attached hydrogens (tertiary/aromatic N) is 2. The Kier molecular flexibility index (Phi) is 5.69. The number of hydrogen-bond donors (Lipinski definition) is 2. The summed E-state index contributed by atoms with van der Waals surface area (Å²) in [5.74, 6) is 0.173. The molecule has 2 fully saturated rings. The molecule has 0 aromatic carbocycles. The highest BCUT2D eigenvalue weighted by Gasteiger charge is 2.28. The second-order valence-electron chi connectivity index (χ2n) is 7.41. The van der Waals surface area contributed by atoms with Crippen LogP contribution in [-0.2, 0) is 0 Å². The van der Waals surface area contributed by atoms with Crippen LogP contribution >= 0.6 is 22.7 Å². The smallest absolute Gasteiger partial charge is 0.266 e. The van der Waals surface area contributed by atoms with Crippen LogP contribution < -0.4 is 9.80 Å². The second kappa shape index (κ2) is 8.17. The first-order chi connectivity index (χ1) is 12.7. The summed E-state index contributed by atoms with van der Waals surface area (Å²) in [6.45, 7) is 11.1. The number of piperazine rings is 1. The lowest BCUT2D eigenvalue weighted by atomic mass is 10.2. The van der Waals surface area contributed by atoms with Crippen molar-refractivity contribution in [2.24, 2.45) is 0 Å². The Morgan fingerprint density at radius 3 is 2.50 bits per heavy atom. The monoisotopic (exact) mass is 392 g/mol. The molecule has 0 bridgehead atoms. The summed E-state index contributed by atoms with van der Waals surface area (Å²) in [5, 5.41) is 3.03. The Labute approximate surface area is 163 Å². The number of carbonyl (C=O) groups excluding carboxylic acids is 1. The van der Waals surface area contributed by atoms with E-state index in [4.69, 9.17) is 0 Å². The van der Waals surface area contributed by atoms with E-state index in [0.717, 1.165) is 46.6 Å². The molecule has 0 spiro atoms. The van der Waals surface area contributed by atoms with E-state index in [9.17, 15) is 4.79 Å². The Balaban J connectivity index is 1.32. The summed E-state index contributed by atoms with van der Waals surface area (Å²) in [6, 6.07) is 4.10. The van der Waals surface area contributed by atoms with Crippen molar-refractivity contribution >= 4 is 28.6 Å². The lowest BCUT2D eigenvalue weighted by Gasteiger charge is -2.32. The summed E-state index contributed by atoms with van der Waals surface area (Å²) >= 11 is 3.22. The number of aromatic nitrogens is 1. The van der Waals surface area contributed by atoms with Crippen molar-refractivity contribution in [3.8, 4) is 9.88 Å². The molecule has 2 aliphatic rings. The van der Waals surface area contributed by atoms with Crippen LogP contribution in [0.25, 0.3) is 9.88 Å². The molecule has 1 amide bonds. The molecule has 2 aromatic rings. The van der Waals surface area contributed by atoms with Gasteiger partial charge in [0.15, 0.2) is 0 Å². The summed E-state index contributed by atoms with van der Waals surface area (Å²) in [7, 11) is 0. The van der Waals surface area contributed by atoms with Crippen LogP contribution in [-0.4, -0.2) is 68.1 Å². The van der Waals surface area contributed by atoms with E-state index in [2.05, 4.69) is 16.4 Å². The van der Waals surface area contributed by atoms with Crippen molar-refractivity contribution in [3.05, 3.63) is 28.1 Å². The fourth-order valence-corrected chi connectivity index (χ4v) is 5.83. The number of quaternary nitrogens is 2. The Morgan fingerprint density at radius 1 is 1.15 bits per heavy atom. The van der Waals surface area contributed by atoms with Crippen molar-refractivity contribution < 1.29 is 14.6 Å². The molecule has 4 heterocycles. The van der Waals surface area contributed by atoms with E-state index in [1.54, 1.807) is 32.5 Å². The third-order valence-electron chi connectivity index (χ3n) is 5.62. The first-order valence-corrected chi connectivity index (χ1v) is 11.4. The molecule has 2 saturated heterocycles. The summed E-state index contributed by atoms with van der Waals surface area (Å²) in [6.07, 6.45) is 2.79. The van der Waals surface area contributed by atoms with E-state index < -0.39 is 0 Å². The van der Waals surface area contributed by atoms with Gasteiger partial charge in [0.1, 0.15) is 23.0 Å². The highest BCUT2D eigenvalue weighted by Crippen LogP contribution is 2.31. The van der Waals surface area contributed by atoms with E-state index in [-0.39, 0.29) is 5.91 Å². The van der Waals surface area contributed by atoms with Crippen molar-refractivity contribution in [1.29, 1.82) is 0 Å². The molecule has 0 atom stereocenters. The predicted octanol–water partition coefficient (Wildman–Crippen LogP) is 0.199. The first kappa shape index (κ1) is 18.1. The van der Waals surface area contributed by atoms with Crippen LogP contribution in [0.2, 0.25) is 0 Å². The van der Waals surface area contributed by atoms with Gasteiger partial charge in [0.2, 0.25) is 0 Å². The molecule has 2 N–H and O–H groups in total. The van der Waals surface area contributed by atoms with Gasteiger partial charge in [-0.2, -0.15) is 0 Å². The molecule has 0 aliphatic carbocycles. The number of likely N-dealkylation sites (tertiary alicyclic amines) is 1. The van der Waals surface area contributed by atoms with E-state index in [0.29, 0.717) is 0 Å². The summed E-state index contributed by atoms with van der Waals surface area (Å²) in [4.78, 5) is 25.0. The van der Waals surface area contributed by atoms with Gasteiger partial charge in [-0.25, -0.2) is 4.98 Å². The molecule has 140 valence electrons. The number of rotatable bonds is 5. The zero-order valence-electron chi connectivity index (χ0n) is 15.4. The number of aryl methyl sites for hydroxylation is 1. The SMILES string of the molecule is Cc1nc(-c2cccs2)sc1C(=O)N1CC[NH+](CC[NH+]2CCCC2)CC1. The minimum Gasteiger partial charge on any atom is -0.330 e. The minimum absolute atomic E-state index is 0.173. The Bertz CT molecular complexity index is 729. The van der Waals surface area contributed by atoms with E-state index >= 15 is 0 Å². The standard InChI is InChI=1S/C19H26N4OS2/c1-15-17(26-18(20-15)16-5-4-14-25-16)19(24)23-12-10-22(11-13-23)9-8-21-6-2-3-7-21/h4-5,14H,2-3,6-13H2,1H3/p+2. The quantitative estimate of drug-likeness (QED) is 0.763. The van der Waals surface area contributed by atoms with Crippen LogP contribution in [0, 0.1) is 6.92 Å². The predicted molar refractivity (Wildman–Crippen MR) is 106 cm³/mol. The molecule has 5 nitrogen and oxygen atoms in total. The average molecular weight is 393 g/mol. The second-order valence-corrected chi connectivity index (χ2v) is 9.36. The molecule has 0 radical (unpaired) electrons. The lowest BCUT2D eigenvalue weighted by Crippen LogP contribution is -3.21. The van der Waals surface area contributed by atoms with Gasteiger partial charge in [-0.15, -0.1) is 22.7 Å². The van der Waals surface area contributed by atoms with Crippen molar-refractivity contribution in [3.63, 3.8) is 0 Å². The largest absolute Gasteiger partial charge is 0.330 e. The van der Waals surface area contributed by atoms with Crippen LogP contribution in [0.15, 0.2) is 17.5 Å². The summed E-state index contributed by atoms with van der Waals surface area (Å²) in [5.41, 5.74) is 0.871. The lowest BCUT2D eigenvalue weighted by molar-refractivity contribution is -0.954. The minimum atomic E-state index is 0.173. The third-order valence-corrected chi connectivity index (χ3v) is 7.81. The maximum Gasteiger partial charge on any atom is 0.266 e. The molecule has 0 saturated carbocycles. The number of amides is 1. The third kappa shape index (κ3) is 4.01. The van der Waals surface area contributed by atoms with Crippen LogP contribution in [0.5, 0.6) is 0 Å². The number of carbonyl (C=O) groups is 1. The van der Waals surface area contributed by atoms with Gasteiger partial charge in [0, 0.05) is 12.8 Å². The van der Waals surface area contributed by atoms with Crippen LogP contribution in [0.3, 0.4) is 0 Å². The molecule has 7 heteroatoms. The summed E-state index contributed by atoms with van der Waals surface area (Å²) < 4.78 is 0. The zero-order chi connectivity index (χ0) is 17.9. The van der Waals surface area contributed by atoms with Crippen LogP contribution in [0.1, 0.15) is 28.2 Å². The molecule has 2 aromatic heterocycles.